The minimum Gasteiger partial charge on any atom is -0.465 e. The number of benzene rings is 1. The second kappa shape index (κ2) is 10.3. The standard InChI is InChI=1S/C22H29N7O5/c1-22(2,3)34-21(32)25-15-6-5-11-29(12-15)20-26-18(16(17(23)30)27-28-20)24-14-9-7-13(8-10-14)19(31)33-4/h7-10,15H,5-6,11-12H2,1-4H3,(H2,23,30)(H,25,32)(H,24,26,28)/t15-/m1/s1. The highest BCUT2D eigenvalue weighted by atomic mass is 16.6. The number of hydrogen-bond acceptors (Lipinski definition) is 10. The minimum absolute atomic E-state index is 0.124. The summed E-state index contributed by atoms with van der Waals surface area (Å²) in [6.45, 7) is 6.51. The molecule has 1 saturated heterocycles. The number of nitrogens with one attached hydrogen (secondary N) is 2. The number of piperidine rings is 1. The van der Waals surface area contributed by atoms with Gasteiger partial charge in [0.1, 0.15) is 5.60 Å². The molecular weight excluding hydrogens is 442 g/mol. The van der Waals surface area contributed by atoms with Crippen molar-refractivity contribution in [2.75, 3.05) is 30.4 Å². The number of anilines is 3. The number of amides is 2. The summed E-state index contributed by atoms with van der Waals surface area (Å²) in [7, 11) is 1.30. The van der Waals surface area contributed by atoms with Crippen LogP contribution in [0.25, 0.3) is 0 Å². The average Bonchev–Trinajstić information content (AvgIpc) is 2.77. The lowest BCUT2D eigenvalue weighted by atomic mass is 10.1. The summed E-state index contributed by atoms with van der Waals surface area (Å²) < 4.78 is 10.0. The van der Waals surface area contributed by atoms with Crippen molar-refractivity contribution in [1.29, 1.82) is 0 Å². The van der Waals surface area contributed by atoms with Crippen LogP contribution in [0.4, 0.5) is 22.2 Å². The molecule has 12 heteroatoms. The molecule has 34 heavy (non-hydrogen) atoms. The van der Waals surface area contributed by atoms with E-state index in [1.165, 1.54) is 7.11 Å². The van der Waals surface area contributed by atoms with Crippen molar-refractivity contribution in [2.24, 2.45) is 5.73 Å². The summed E-state index contributed by atoms with van der Waals surface area (Å²) in [6, 6.07) is 6.27. The maximum Gasteiger partial charge on any atom is 0.407 e. The first-order chi connectivity index (χ1) is 16.1. The predicted molar refractivity (Wildman–Crippen MR) is 124 cm³/mol. The number of rotatable bonds is 6. The monoisotopic (exact) mass is 471 g/mol. The van der Waals surface area contributed by atoms with E-state index in [1.54, 1.807) is 45.0 Å². The Morgan fingerprint density at radius 1 is 1.15 bits per heavy atom. The predicted octanol–water partition coefficient (Wildman–Crippen LogP) is 1.99. The fourth-order valence-electron chi connectivity index (χ4n) is 3.40. The van der Waals surface area contributed by atoms with Crippen molar-refractivity contribution in [3.63, 3.8) is 0 Å². The topological polar surface area (TPSA) is 162 Å². The number of hydrogen-bond donors (Lipinski definition) is 3. The molecule has 0 spiro atoms. The second-order valence-electron chi connectivity index (χ2n) is 8.80. The molecule has 1 aromatic carbocycles. The van der Waals surface area contributed by atoms with Gasteiger partial charge >= 0.3 is 12.1 Å². The molecule has 0 saturated carbocycles. The van der Waals surface area contributed by atoms with E-state index in [4.69, 9.17) is 15.2 Å². The molecule has 12 nitrogen and oxygen atoms in total. The van der Waals surface area contributed by atoms with E-state index in [0.717, 1.165) is 12.8 Å². The van der Waals surface area contributed by atoms with Crippen LogP contribution in [0.15, 0.2) is 24.3 Å². The maximum absolute atomic E-state index is 12.1. The van der Waals surface area contributed by atoms with Crippen LogP contribution in [-0.2, 0) is 9.47 Å². The van der Waals surface area contributed by atoms with Gasteiger partial charge in [-0.15, -0.1) is 10.2 Å². The van der Waals surface area contributed by atoms with Crippen LogP contribution in [0.3, 0.4) is 0 Å². The Labute approximate surface area is 197 Å². The zero-order valence-electron chi connectivity index (χ0n) is 19.6. The lowest BCUT2D eigenvalue weighted by Crippen LogP contribution is -2.49. The number of nitrogens with zero attached hydrogens (tertiary/aromatic N) is 4. The smallest absolute Gasteiger partial charge is 0.407 e. The van der Waals surface area contributed by atoms with Gasteiger partial charge in [0.15, 0.2) is 11.5 Å². The van der Waals surface area contributed by atoms with Crippen molar-refractivity contribution in [2.45, 2.75) is 45.3 Å². The third-order valence-corrected chi connectivity index (χ3v) is 4.90. The molecule has 3 rings (SSSR count). The van der Waals surface area contributed by atoms with Crippen molar-refractivity contribution < 1.29 is 23.9 Å². The van der Waals surface area contributed by atoms with Crippen LogP contribution >= 0.6 is 0 Å². The summed E-state index contributed by atoms with van der Waals surface area (Å²) in [5.74, 6) is -0.835. The van der Waals surface area contributed by atoms with Crippen LogP contribution in [0, 0.1) is 0 Å². The lowest BCUT2D eigenvalue weighted by molar-refractivity contribution is 0.0498. The van der Waals surface area contributed by atoms with Gasteiger partial charge in [-0.2, -0.15) is 4.98 Å². The molecule has 4 N–H and O–H groups in total. The molecule has 1 atom stereocenters. The van der Waals surface area contributed by atoms with Crippen LogP contribution in [0.2, 0.25) is 0 Å². The molecule has 2 aromatic rings. The second-order valence-corrected chi connectivity index (χ2v) is 8.80. The molecule has 0 unspecified atom stereocenters. The molecule has 182 valence electrons. The van der Waals surface area contributed by atoms with E-state index in [-0.39, 0.29) is 23.5 Å². The fraction of sp³-hybridized carbons (Fsp3) is 0.455. The molecule has 2 heterocycles. The third-order valence-electron chi connectivity index (χ3n) is 4.90. The van der Waals surface area contributed by atoms with Gasteiger partial charge in [-0.1, -0.05) is 0 Å². The summed E-state index contributed by atoms with van der Waals surface area (Å²) in [4.78, 5) is 42.0. The number of alkyl carbamates (subject to hydrolysis) is 1. The Hall–Kier alpha value is -3.96. The van der Waals surface area contributed by atoms with E-state index in [2.05, 4.69) is 25.8 Å². The summed E-state index contributed by atoms with van der Waals surface area (Å²) in [6.07, 6.45) is 1.08. The zero-order chi connectivity index (χ0) is 24.9. The highest BCUT2D eigenvalue weighted by molar-refractivity contribution is 5.96. The Kier molecular flexibility index (Phi) is 7.49. The Balaban J connectivity index is 1.76. The van der Waals surface area contributed by atoms with Gasteiger partial charge in [-0.3, -0.25) is 4.79 Å². The maximum atomic E-state index is 12.1. The van der Waals surface area contributed by atoms with E-state index in [9.17, 15) is 14.4 Å². The number of carbonyl (C=O) groups excluding carboxylic acids is 3. The normalized spacial score (nSPS) is 15.9. The molecule has 0 aliphatic carbocycles. The van der Waals surface area contributed by atoms with Gasteiger partial charge in [0, 0.05) is 24.8 Å². The van der Waals surface area contributed by atoms with Crippen LogP contribution in [-0.4, -0.2) is 65.0 Å². The van der Waals surface area contributed by atoms with Crippen molar-refractivity contribution in [3.05, 3.63) is 35.5 Å². The van der Waals surface area contributed by atoms with Gasteiger partial charge < -0.3 is 30.7 Å². The van der Waals surface area contributed by atoms with Gasteiger partial charge in [-0.05, 0) is 57.9 Å². The summed E-state index contributed by atoms with van der Waals surface area (Å²) >= 11 is 0. The van der Waals surface area contributed by atoms with Crippen molar-refractivity contribution >= 4 is 35.4 Å². The summed E-state index contributed by atoms with van der Waals surface area (Å²) in [5, 5.41) is 13.9. The van der Waals surface area contributed by atoms with Gasteiger partial charge in [0.05, 0.1) is 12.7 Å². The molecular formula is C22H29N7O5. The number of carbonyl (C=O) groups is 3. The first-order valence-electron chi connectivity index (χ1n) is 10.8. The van der Waals surface area contributed by atoms with Crippen LogP contribution in [0.1, 0.15) is 54.5 Å². The quantitative estimate of drug-likeness (QED) is 0.531. The Morgan fingerprint density at radius 2 is 1.85 bits per heavy atom. The fourth-order valence-corrected chi connectivity index (χ4v) is 3.40. The van der Waals surface area contributed by atoms with E-state index >= 15 is 0 Å². The largest absolute Gasteiger partial charge is 0.465 e. The van der Waals surface area contributed by atoms with Crippen LogP contribution < -0.4 is 21.3 Å². The van der Waals surface area contributed by atoms with Gasteiger partial charge in [-0.25, -0.2) is 9.59 Å². The van der Waals surface area contributed by atoms with Gasteiger partial charge in [0.25, 0.3) is 5.91 Å². The average molecular weight is 472 g/mol. The van der Waals surface area contributed by atoms with E-state index < -0.39 is 23.6 Å². The van der Waals surface area contributed by atoms with Gasteiger partial charge in [0.2, 0.25) is 5.95 Å². The zero-order valence-corrected chi connectivity index (χ0v) is 19.6. The molecule has 0 bridgehead atoms. The number of aromatic nitrogens is 3. The van der Waals surface area contributed by atoms with E-state index in [0.29, 0.717) is 24.3 Å². The first-order valence-corrected chi connectivity index (χ1v) is 10.8. The molecule has 1 aromatic heterocycles. The molecule has 0 radical (unpaired) electrons. The van der Waals surface area contributed by atoms with Crippen molar-refractivity contribution in [3.8, 4) is 0 Å². The number of methoxy groups -OCH3 is 1. The van der Waals surface area contributed by atoms with E-state index in [1.807, 2.05) is 4.90 Å². The third kappa shape index (κ3) is 6.53. The molecule has 1 aliphatic rings. The van der Waals surface area contributed by atoms with Crippen molar-refractivity contribution in [1.82, 2.24) is 20.5 Å². The number of primary amides is 1. The highest BCUT2D eigenvalue weighted by Crippen LogP contribution is 2.22. The Morgan fingerprint density at radius 3 is 2.47 bits per heavy atom. The first kappa shape index (κ1) is 24.7. The SMILES string of the molecule is COC(=O)c1ccc(Nc2nc(N3CCC[C@@H](NC(=O)OC(C)(C)C)C3)nnc2C(N)=O)cc1. The molecule has 2 amide bonds. The molecule has 1 aliphatic heterocycles. The number of esters is 1. The lowest BCUT2D eigenvalue weighted by Gasteiger charge is -2.33. The number of nitrogens with two attached hydrogens (primary N) is 1. The minimum atomic E-state index is -0.789. The van der Waals surface area contributed by atoms with Crippen LogP contribution in [0.5, 0.6) is 0 Å². The highest BCUT2D eigenvalue weighted by Gasteiger charge is 2.27. The molecule has 1 fully saturated rings. The Bertz CT molecular complexity index is 1050. The summed E-state index contributed by atoms with van der Waals surface area (Å²) in [5.41, 5.74) is 5.67. The number of ether oxygens (including phenoxy) is 2.